The van der Waals surface area contributed by atoms with Gasteiger partial charge >= 0.3 is 5.95 Å². The van der Waals surface area contributed by atoms with E-state index in [1.807, 2.05) is 0 Å². The molecule has 1 aromatic heterocycles. The zero-order valence-corrected chi connectivity index (χ0v) is 8.11. The molecule has 1 fully saturated rings. The molecule has 2 rings (SSSR count). The molecule has 1 heterocycles. The molecular weight excluding hydrogens is 200 g/mol. The fraction of sp³-hybridized carbons (Fsp3) is 0.750. The summed E-state index contributed by atoms with van der Waals surface area (Å²) in [4.78, 5) is 13.3. The Kier molecular flexibility index (Phi) is 2.63. The highest BCUT2D eigenvalue weighted by Crippen LogP contribution is 2.28. The quantitative estimate of drug-likeness (QED) is 0.574. The van der Waals surface area contributed by atoms with Crippen LogP contribution >= 0.6 is 0 Å². The second-order valence-corrected chi connectivity index (χ2v) is 3.70. The minimum Gasteiger partial charge on any atom is -0.391 e. The summed E-state index contributed by atoms with van der Waals surface area (Å²) < 4.78 is 1.40. The highest BCUT2D eigenvalue weighted by atomic mass is 16.6. The lowest BCUT2D eigenvalue weighted by Gasteiger charge is -2.25. The van der Waals surface area contributed by atoms with Crippen LogP contribution in [0.3, 0.4) is 0 Å². The van der Waals surface area contributed by atoms with Crippen LogP contribution in [0.25, 0.3) is 0 Å². The van der Waals surface area contributed by atoms with E-state index in [0.717, 1.165) is 25.7 Å². The molecule has 0 aliphatic heterocycles. The molecule has 2 atom stereocenters. The fourth-order valence-corrected chi connectivity index (χ4v) is 1.91. The second-order valence-electron chi connectivity index (χ2n) is 3.70. The topological polar surface area (TPSA) is 94.1 Å². The van der Waals surface area contributed by atoms with E-state index in [9.17, 15) is 15.2 Å². The van der Waals surface area contributed by atoms with Crippen molar-refractivity contribution in [3.63, 3.8) is 0 Å². The third-order valence-corrected chi connectivity index (χ3v) is 2.69. The van der Waals surface area contributed by atoms with Gasteiger partial charge < -0.3 is 15.2 Å². The largest absolute Gasteiger partial charge is 0.490 e. The molecule has 1 aliphatic rings. The van der Waals surface area contributed by atoms with E-state index in [0.29, 0.717) is 0 Å². The van der Waals surface area contributed by atoms with Crippen molar-refractivity contribution in [2.24, 2.45) is 0 Å². The maximum Gasteiger partial charge on any atom is 0.490 e. The molecule has 7 heteroatoms. The lowest BCUT2D eigenvalue weighted by atomic mass is 9.93. The van der Waals surface area contributed by atoms with Gasteiger partial charge in [-0.3, -0.25) is 0 Å². The molecular formula is C8H12N4O3. The molecule has 1 saturated carbocycles. The summed E-state index contributed by atoms with van der Waals surface area (Å²) in [6.07, 6.45) is 4.36. The van der Waals surface area contributed by atoms with Crippen LogP contribution in [0, 0.1) is 10.1 Å². The van der Waals surface area contributed by atoms with E-state index in [1.54, 1.807) is 0 Å². The van der Waals surface area contributed by atoms with Crippen molar-refractivity contribution >= 4 is 5.95 Å². The number of nitrogens with zero attached hydrogens (tertiary/aromatic N) is 4. The second kappa shape index (κ2) is 3.93. The molecule has 1 aliphatic carbocycles. The normalized spacial score (nSPS) is 26.5. The monoisotopic (exact) mass is 212 g/mol. The van der Waals surface area contributed by atoms with Crippen LogP contribution < -0.4 is 0 Å². The van der Waals surface area contributed by atoms with E-state index in [-0.39, 0.29) is 6.04 Å². The molecule has 0 unspecified atom stereocenters. The van der Waals surface area contributed by atoms with Gasteiger partial charge in [-0.15, -0.1) is 0 Å². The standard InChI is InChI=1S/C8H12N4O3/c13-7-4-2-1-3-6(7)11-5-9-8(10-11)12(14)15/h5-7,13H,1-4H2/t6-,7-/m1/s1. The van der Waals surface area contributed by atoms with Crippen LogP contribution in [0.2, 0.25) is 0 Å². The van der Waals surface area contributed by atoms with Crippen molar-refractivity contribution < 1.29 is 10.0 Å². The van der Waals surface area contributed by atoms with Crippen LogP contribution in [0.15, 0.2) is 6.33 Å². The van der Waals surface area contributed by atoms with E-state index in [1.165, 1.54) is 11.0 Å². The summed E-state index contributed by atoms with van der Waals surface area (Å²) in [5.74, 6) is -0.409. The molecule has 0 bridgehead atoms. The number of rotatable bonds is 2. The van der Waals surface area contributed by atoms with Gasteiger partial charge in [0.15, 0.2) is 0 Å². The zero-order valence-electron chi connectivity index (χ0n) is 8.11. The predicted molar refractivity (Wildman–Crippen MR) is 50.2 cm³/mol. The lowest BCUT2D eigenvalue weighted by Crippen LogP contribution is -2.27. The fourth-order valence-electron chi connectivity index (χ4n) is 1.91. The number of aromatic nitrogens is 3. The molecule has 7 nitrogen and oxygen atoms in total. The van der Waals surface area contributed by atoms with Crippen molar-refractivity contribution in [1.82, 2.24) is 14.8 Å². The highest BCUT2D eigenvalue weighted by molar-refractivity contribution is 4.98. The van der Waals surface area contributed by atoms with Crippen molar-refractivity contribution in [3.05, 3.63) is 16.4 Å². The van der Waals surface area contributed by atoms with Crippen molar-refractivity contribution in [1.29, 1.82) is 0 Å². The molecule has 0 amide bonds. The Balaban J connectivity index is 2.17. The van der Waals surface area contributed by atoms with Gasteiger partial charge in [0.25, 0.3) is 0 Å². The highest BCUT2D eigenvalue weighted by Gasteiger charge is 2.28. The Labute approximate surface area is 85.9 Å². The minimum atomic E-state index is -0.633. The Hall–Kier alpha value is -1.50. The first-order valence-corrected chi connectivity index (χ1v) is 4.92. The summed E-state index contributed by atoms with van der Waals surface area (Å²) in [5.41, 5.74) is 0. The van der Waals surface area contributed by atoms with E-state index in [2.05, 4.69) is 10.1 Å². The summed E-state index contributed by atoms with van der Waals surface area (Å²) in [5, 5.41) is 23.8. The van der Waals surface area contributed by atoms with E-state index >= 15 is 0 Å². The van der Waals surface area contributed by atoms with Crippen LogP contribution in [0.4, 0.5) is 5.95 Å². The van der Waals surface area contributed by atoms with E-state index < -0.39 is 17.0 Å². The first-order chi connectivity index (χ1) is 7.18. The Bertz CT molecular complexity index is 365. The van der Waals surface area contributed by atoms with Crippen LogP contribution in [-0.2, 0) is 0 Å². The number of hydrogen-bond donors (Lipinski definition) is 1. The molecule has 15 heavy (non-hydrogen) atoms. The average molecular weight is 212 g/mol. The Morgan fingerprint density at radius 3 is 2.87 bits per heavy atom. The van der Waals surface area contributed by atoms with Gasteiger partial charge in [-0.05, 0) is 17.8 Å². The average Bonchev–Trinajstić information content (AvgIpc) is 2.67. The third-order valence-electron chi connectivity index (χ3n) is 2.69. The maximum absolute atomic E-state index is 10.4. The van der Waals surface area contributed by atoms with Crippen LogP contribution in [0.5, 0.6) is 0 Å². The number of nitro groups is 1. The number of aliphatic hydroxyl groups excluding tert-OH is 1. The minimum absolute atomic E-state index is 0.167. The molecule has 1 N–H and O–H groups in total. The third kappa shape index (κ3) is 1.96. The maximum atomic E-state index is 10.4. The predicted octanol–water partition coefficient (Wildman–Crippen LogP) is 0.662. The molecule has 0 saturated heterocycles. The summed E-state index contributed by atoms with van der Waals surface area (Å²) in [7, 11) is 0. The summed E-state index contributed by atoms with van der Waals surface area (Å²) in [6.45, 7) is 0. The van der Waals surface area contributed by atoms with Gasteiger partial charge in [-0.25, -0.2) is 0 Å². The van der Waals surface area contributed by atoms with Crippen molar-refractivity contribution in [3.8, 4) is 0 Å². The van der Waals surface area contributed by atoms with Crippen molar-refractivity contribution in [2.75, 3.05) is 0 Å². The molecule has 82 valence electrons. The lowest BCUT2D eigenvalue weighted by molar-refractivity contribution is -0.394. The summed E-state index contributed by atoms with van der Waals surface area (Å²) in [6, 6.07) is -0.167. The van der Waals surface area contributed by atoms with Crippen molar-refractivity contribution in [2.45, 2.75) is 37.8 Å². The number of aliphatic hydroxyl groups is 1. The van der Waals surface area contributed by atoms with Crippen LogP contribution in [-0.4, -0.2) is 30.9 Å². The Morgan fingerprint density at radius 1 is 1.53 bits per heavy atom. The zero-order chi connectivity index (χ0) is 10.8. The van der Waals surface area contributed by atoms with Gasteiger partial charge in [-0.1, -0.05) is 17.8 Å². The summed E-state index contributed by atoms with van der Waals surface area (Å²) >= 11 is 0. The van der Waals surface area contributed by atoms with Gasteiger partial charge in [0, 0.05) is 5.10 Å². The van der Waals surface area contributed by atoms with Crippen LogP contribution in [0.1, 0.15) is 31.7 Å². The van der Waals surface area contributed by atoms with Gasteiger partial charge in [0.2, 0.25) is 6.33 Å². The number of hydrogen-bond acceptors (Lipinski definition) is 5. The molecule has 1 aromatic rings. The van der Waals surface area contributed by atoms with Gasteiger partial charge in [-0.2, -0.15) is 4.68 Å². The molecule has 0 radical (unpaired) electrons. The first kappa shape index (κ1) is 10.0. The van der Waals surface area contributed by atoms with Gasteiger partial charge in [0.05, 0.1) is 12.1 Å². The first-order valence-electron chi connectivity index (χ1n) is 4.92. The molecule has 0 aromatic carbocycles. The molecule has 0 spiro atoms. The van der Waals surface area contributed by atoms with E-state index in [4.69, 9.17) is 0 Å². The smallest absolute Gasteiger partial charge is 0.391 e. The Morgan fingerprint density at radius 2 is 2.27 bits per heavy atom. The van der Waals surface area contributed by atoms with Gasteiger partial charge in [0.1, 0.15) is 0 Å². The SMILES string of the molecule is O=[N+]([O-])c1ncn([C@@H]2CCCC[C@H]2O)n1.